The Labute approximate surface area is 432 Å². The smallest absolute Gasteiger partial charge is 0.0726 e. The summed E-state index contributed by atoms with van der Waals surface area (Å²) in [5, 5.41) is 20.6. The van der Waals surface area contributed by atoms with Crippen LogP contribution in [0.25, 0.3) is 161 Å². The fraction of sp³-hybridized carbons (Fsp3) is 0. The standard InChI is InChI=1S/C70H40N2S2/c1-3-19-47-43(15-1)17-13-27-57(47)71-59-37-35-45(39-55(59)63-49-21-5-7-23-51(49)65-53-25-9-11-29-61(53)73-69(65)67(63)71)41-31-33-42(34-32-41)46-36-38-60-56(40-46)64-50-22-6-8-24-52(50)66-54-26-10-12-30-62(54)74-70(66)68(64)72(60)58-28-14-18-44-16-2-4-20-48(44)58/h1-40H. The highest BCUT2D eigenvalue weighted by atomic mass is 32.1. The number of aromatic nitrogens is 2. The lowest BCUT2D eigenvalue weighted by molar-refractivity contribution is 1.21. The predicted octanol–water partition coefficient (Wildman–Crippen LogP) is 20.6. The van der Waals surface area contributed by atoms with Gasteiger partial charge in [-0.25, -0.2) is 0 Å². The summed E-state index contributed by atoms with van der Waals surface area (Å²) in [4.78, 5) is 0. The summed E-state index contributed by atoms with van der Waals surface area (Å²) in [6.45, 7) is 0. The van der Waals surface area contributed by atoms with Gasteiger partial charge in [0.15, 0.2) is 0 Å². The van der Waals surface area contributed by atoms with Crippen molar-refractivity contribution in [3.63, 3.8) is 0 Å². The maximum atomic E-state index is 2.56. The molecule has 0 aliphatic carbocycles. The van der Waals surface area contributed by atoms with Gasteiger partial charge in [-0.2, -0.15) is 0 Å². The Morgan fingerprint density at radius 1 is 0.243 bits per heavy atom. The Hall–Kier alpha value is -9.06. The summed E-state index contributed by atoms with van der Waals surface area (Å²) in [6, 6.07) is 90.7. The van der Waals surface area contributed by atoms with Crippen LogP contribution < -0.4 is 0 Å². The fourth-order valence-electron chi connectivity index (χ4n) is 12.9. The zero-order valence-electron chi connectivity index (χ0n) is 39.8. The monoisotopic (exact) mass is 972 g/mol. The molecule has 74 heavy (non-hydrogen) atoms. The number of rotatable bonds is 4. The van der Waals surface area contributed by atoms with Crippen LogP contribution in [0.4, 0.5) is 0 Å². The van der Waals surface area contributed by atoms with Crippen LogP contribution in [0.1, 0.15) is 0 Å². The molecule has 4 heterocycles. The van der Waals surface area contributed by atoms with E-state index in [4.69, 9.17) is 0 Å². The third kappa shape index (κ3) is 5.53. The molecule has 17 aromatic rings. The molecule has 0 saturated heterocycles. The number of nitrogens with zero attached hydrogens (tertiary/aromatic N) is 2. The zero-order valence-corrected chi connectivity index (χ0v) is 41.4. The minimum Gasteiger partial charge on any atom is -0.307 e. The predicted molar refractivity (Wildman–Crippen MR) is 322 cm³/mol. The summed E-state index contributed by atoms with van der Waals surface area (Å²) >= 11 is 3.83. The first-order valence-corrected chi connectivity index (χ1v) is 27.0. The molecule has 342 valence electrons. The van der Waals surface area contributed by atoms with Gasteiger partial charge in [-0.05, 0) is 103 Å². The van der Waals surface area contributed by atoms with Gasteiger partial charge in [0.05, 0.1) is 42.8 Å². The normalized spacial score (nSPS) is 12.3. The highest BCUT2D eigenvalue weighted by Crippen LogP contribution is 2.51. The van der Waals surface area contributed by atoms with E-state index in [0.717, 1.165) is 0 Å². The number of hydrogen-bond acceptors (Lipinski definition) is 2. The third-order valence-corrected chi connectivity index (χ3v) is 18.4. The topological polar surface area (TPSA) is 9.86 Å². The largest absolute Gasteiger partial charge is 0.307 e. The van der Waals surface area contributed by atoms with Gasteiger partial charge in [0, 0.05) is 63.3 Å². The van der Waals surface area contributed by atoms with Crippen LogP contribution in [0.5, 0.6) is 0 Å². The molecule has 0 aliphatic heterocycles. The SMILES string of the molecule is c1ccc2c(-n3c4ccc(-c5ccc(-c6ccc7c(c6)c6c8ccccc8c8c9ccccc9sc8c6n7-c6cccc7ccccc67)cc5)cc4c4c5ccccc5c5c6ccccc6sc5c43)cccc2c1. The number of fused-ring (bicyclic) bond motifs is 22. The van der Waals surface area contributed by atoms with Crippen molar-refractivity contribution in [1.29, 1.82) is 0 Å². The minimum atomic E-state index is 1.20. The first-order chi connectivity index (χ1) is 36.7. The molecular weight excluding hydrogens is 933 g/mol. The molecule has 0 fully saturated rings. The van der Waals surface area contributed by atoms with Crippen LogP contribution in [0.2, 0.25) is 0 Å². The van der Waals surface area contributed by atoms with Crippen molar-refractivity contribution >= 4 is 150 Å². The summed E-state index contributed by atoms with van der Waals surface area (Å²) < 4.78 is 10.4. The lowest BCUT2D eigenvalue weighted by atomic mass is 9.95. The van der Waals surface area contributed by atoms with Crippen molar-refractivity contribution in [3.8, 4) is 33.6 Å². The highest BCUT2D eigenvalue weighted by molar-refractivity contribution is 7.27. The van der Waals surface area contributed by atoms with E-state index in [1.54, 1.807) is 0 Å². The van der Waals surface area contributed by atoms with Gasteiger partial charge in [0.25, 0.3) is 0 Å². The molecule has 0 saturated carbocycles. The van der Waals surface area contributed by atoms with Crippen LogP contribution >= 0.6 is 22.7 Å². The molecule has 2 nitrogen and oxygen atoms in total. The van der Waals surface area contributed by atoms with E-state index in [9.17, 15) is 0 Å². The number of benzene rings is 13. The maximum Gasteiger partial charge on any atom is 0.0726 e. The summed E-state index contributed by atoms with van der Waals surface area (Å²) in [6.07, 6.45) is 0. The quantitative estimate of drug-likeness (QED) is 0.166. The Kier molecular flexibility index (Phi) is 8.34. The first kappa shape index (κ1) is 40.5. The van der Waals surface area contributed by atoms with E-state index in [-0.39, 0.29) is 0 Å². The Balaban J connectivity index is 0.880. The summed E-state index contributed by atoms with van der Waals surface area (Å²) in [5.41, 5.74) is 12.2. The molecule has 0 bridgehead atoms. The van der Waals surface area contributed by atoms with Gasteiger partial charge in [-0.15, -0.1) is 22.7 Å². The molecule has 17 rings (SSSR count). The van der Waals surface area contributed by atoms with Crippen molar-refractivity contribution in [2.24, 2.45) is 0 Å². The van der Waals surface area contributed by atoms with E-state index >= 15 is 0 Å². The Bertz CT molecular complexity index is 4920. The lowest BCUT2D eigenvalue weighted by Gasteiger charge is -2.13. The Morgan fingerprint density at radius 3 is 1.01 bits per heavy atom. The summed E-state index contributed by atoms with van der Waals surface area (Å²) in [7, 11) is 0. The van der Waals surface area contributed by atoms with Crippen LogP contribution in [0.3, 0.4) is 0 Å². The van der Waals surface area contributed by atoms with E-state index < -0.39 is 0 Å². The Morgan fingerprint density at radius 2 is 0.581 bits per heavy atom. The molecular formula is C70H40N2S2. The molecule has 0 radical (unpaired) electrons. The average Bonchev–Trinajstić information content (AvgIpc) is 4.24. The van der Waals surface area contributed by atoms with Crippen molar-refractivity contribution in [2.75, 3.05) is 0 Å². The molecule has 0 N–H and O–H groups in total. The summed E-state index contributed by atoms with van der Waals surface area (Å²) in [5.74, 6) is 0. The first-order valence-electron chi connectivity index (χ1n) is 25.4. The van der Waals surface area contributed by atoms with E-state index in [0.29, 0.717) is 0 Å². The zero-order chi connectivity index (χ0) is 48.2. The van der Waals surface area contributed by atoms with Gasteiger partial charge in [0.2, 0.25) is 0 Å². The van der Waals surface area contributed by atoms with Gasteiger partial charge in [0.1, 0.15) is 0 Å². The second-order valence-corrected chi connectivity index (χ2v) is 22.0. The van der Waals surface area contributed by atoms with E-state index in [1.165, 1.54) is 161 Å². The molecule has 0 aliphatic rings. The molecule has 0 unspecified atom stereocenters. The van der Waals surface area contributed by atoms with E-state index in [1.807, 2.05) is 22.7 Å². The van der Waals surface area contributed by atoms with Crippen molar-refractivity contribution < 1.29 is 0 Å². The number of hydrogen-bond donors (Lipinski definition) is 0. The fourth-order valence-corrected chi connectivity index (χ4v) is 15.4. The van der Waals surface area contributed by atoms with Crippen molar-refractivity contribution in [3.05, 3.63) is 243 Å². The van der Waals surface area contributed by atoms with E-state index in [2.05, 4.69) is 252 Å². The van der Waals surface area contributed by atoms with Gasteiger partial charge < -0.3 is 9.13 Å². The third-order valence-electron chi connectivity index (χ3n) is 16.1. The van der Waals surface area contributed by atoms with Crippen molar-refractivity contribution in [2.45, 2.75) is 0 Å². The van der Waals surface area contributed by atoms with Crippen LogP contribution in [0.15, 0.2) is 243 Å². The molecule has 4 aromatic heterocycles. The van der Waals surface area contributed by atoms with Crippen LogP contribution in [0, 0.1) is 0 Å². The maximum absolute atomic E-state index is 2.56. The van der Waals surface area contributed by atoms with Crippen LogP contribution in [-0.2, 0) is 0 Å². The minimum absolute atomic E-state index is 1.20. The molecule has 4 heteroatoms. The van der Waals surface area contributed by atoms with Crippen LogP contribution in [-0.4, -0.2) is 9.13 Å². The second kappa shape index (κ2) is 15.2. The second-order valence-electron chi connectivity index (χ2n) is 19.9. The van der Waals surface area contributed by atoms with Gasteiger partial charge in [-0.1, -0.05) is 194 Å². The molecule has 0 spiro atoms. The average molecular weight is 973 g/mol. The van der Waals surface area contributed by atoms with Crippen molar-refractivity contribution in [1.82, 2.24) is 9.13 Å². The van der Waals surface area contributed by atoms with Gasteiger partial charge >= 0.3 is 0 Å². The molecule has 0 amide bonds. The highest BCUT2D eigenvalue weighted by Gasteiger charge is 2.25. The molecule has 13 aromatic carbocycles. The van der Waals surface area contributed by atoms with Gasteiger partial charge in [-0.3, -0.25) is 0 Å². The molecule has 0 atom stereocenters. The lowest BCUT2D eigenvalue weighted by Crippen LogP contribution is -1.95. The number of thiophene rings is 2.